The number of fused-ring (bicyclic) bond motifs is 4. The number of hydrogen-bond acceptors (Lipinski definition) is 0. The summed E-state index contributed by atoms with van der Waals surface area (Å²) in [6.07, 6.45) is 10.5. The zero-order valence-corrected chi connectivity index (χ0v) is 33.6. The van der Waals surface area contributed by atoms with Crippen molar-refractivity contribution in [1.29, 1.82) is 0 Å². The minimum absolute atomic E-state index is 0. The van der Waals surface area contributed by atoms with Crippen LogP contribution in [0.15, 0.2) is 218 Å². The number of allylic oxidation sites excluding steroid dienone is 4. The topological polar surface area (TPSA) is 0 Å². The smallest absolute Gasteiger partial charge is 0.0810 e. The van der Waals surface area contributed by atoms with Crippen LogP contribution in [0, 0.1) is 11.8 Å². The van der Waals surface area contributed by atoms with Crippen molar-refractivity contribution in [2.45, 2.75) is 6.42 Å². The minimum Gasteiger partial charge on any atom is -0.0810 e. The second-order valence-corrected chi connectivity index (χ2v) is 18.9. The molecule has 0 atom stereocenters. The summed E-state index contributed by atoms with van der Waals surface area (Å²) < 4.78 is 0. The Morgan fingerprint density at radius 1 is 0.315 bits per heavy atom. The molecule has 54 heavy (non-hydrogen) atoms. The molecule has 260 valence electrons. The van der Waals surface area contributed by atoms with E-state index in [0.29, 0.717) is 0 Å². The summed E-state index contributed by atoms with van der Waals surface area (Å²) in [6, 6.07) is 72.2. The summed E-state index contributed by atoms with van der Waals surface area (Å²) in [5.41, 5.74) is 2.75. The van der Waals surface area contributed by atoms with Crippen LogP contribution in [0.2, 0.25) is 0 Å². The van der Waals surface area contributed by atoms with E-state index >= 15 is 0 Å². The first-order chi connectivity index (χ1) is 26.3. The average molecular weight is 820 g/mol. The van der Waals surface area contributed by atoms with E-state index in [-0.39, 0.29) is 19.5 Å². The standard InChI is InChI=1S/C44H32P2.C7H8.Rh/c1-5-19-35(20-6-1)45(36-21-7-2-8-22-36)41-31-29-33-17-13-15-27-39(33)43(41)44-40-28-16-14-18-34(40)30-32-42(44)46(37-23-9-3-10-24-37)38-25-11-4-12-26-38;1-2-7-4-3-6(1)5-7;/h1-32H;1-4,6-7H,5H2;/q;;+3/p+2. The summed E-state index contributed by atoms with van der Waals surface area (Å²) in [7, 11) is -2.74. The number of hydrogen-bond donors (Lipinski definition) is 0. The van der Waals surface area contributed by atoms with Crippen molar-refractivity contribution in [2.75, 3.05) is 0 Å². The van der Waals surface area contributed by atoms with Crippen LogP contribution < -0.4 is 31.8 Å². The van der Waals surface area contributed by atoms with E-state index in [1.807, 2.05) is 0 Å². The van der Waals surface area contributed by atoms with Crippen molar-refractivity contribution in [3.05, 3.63) is 218 Å². The van der Waals surface area contributed by atoms with Gasteiger partial charge in [0.1, 0.15) is 31.8 Å². The van der Waals surface area contributed by atoms with E-state index in [1.165, 1.54) is 70.9 Å². The third-order valence-electron chi connectivity index (χ3n) is 10.7. The third-order valence-corrected chi connectivity index (χ3v) is 16.2. The van der Waals surface area contributed by atoms with Crippen LogP contribution in [-0.4, -0.2) is 0 Å². The Balaban J connectivity index is 0.000000461. The summed E-state index contributed by atoms with van der Waals surface area (Å²) in [5, 5.41) is 13.6. The first kappa shape index (κ1) is 36.2. The predicted molar refractivity (Wildman–Crippen MR) is 237 cm³/mol. The van der Waals surface area contributed by atoms with Crippen LogP contribution in [0.3, 0.4) is 0 Å². The monoisotopic (exact) mass is 819 g/mol. The zero-order chi connectivity index (χ0) is 35.4. The van der Waals surface area contributed by atoms with Gasteiger partial charge in [0, 0.05) is 11.1 Å². The first-order valence-electron chi connectivity index (χ1n) is 18.7. The molecule has 0 fully saturated rings. The summed E-state index contributed by atoms with van der Waals surface area (Å²) in [4.78, 5) is 0. The van der Waals surface area contributed by atoms with E-state index in [9.17, 15) is 0 Å². The molecule has 0 unspecified atom stereocenters. The van der Waals surface area contributed by atoms with Crippen molar-refractivity contribution >= 4 is 69.2 Å². The van der Waals surface area contributed by atoms with Gasteiger partial charge in [-0.1, -0.05) is 158 Å². The minimum atomic E-state index is -1.37. The van der Waals surface area contributed by atoms with Gasteiger partial charge in [0.15, 0.2) is 0 Å². The largest absolute Gasteiger partial charge is 3.00 e. The van der Waals surface area contributed by atoms with Crippen molar-refractivity contribution in [2.24, 2.45) is 11.8 Å². The van der Waals surface area contributed by atoms with Crippen LogP contribution in [-0.2, 0) is 19.5 Å². The van der Waals surface area contributed by atoms with Crippen molar-refractivity contribution in [1.82, 2.24) is 0 Å². The van der Waals surface area contributed by atoms with E-state index in [2.05, 4.69) is 218 Å². The molecule has 0 heterocycles. The second-order valence-electron chi connectivity index (χ2n) is 14.0. The van der Waals surface area contributed by atoms with Crippen LogP contribution >= 0.6 is 15.8 Å². The van der Waals surface area contributed by atoms with Gasteiger partial charge in [0.05, 0.1) is 15.8 Å². The van der Waals surface area contributed by atoms with Gasteiger partial charge in [0.2, 0.25) is 0 Å². The maximum Gasteiger partial charge on any atom is 3.00 e. The van der Waals surface area contributed by atoms with Crippen LogP contribution in [0.5, 0.6) is 0 Å². The fourth-order valence-corrected chi connectivity index (χ4v) is 13.7. The van der Waals surface area contributed by atoms with Gasteiger partial charge < -0.3 is 0 Å². The summed E-state index contributed by atoms with van der Waals surface area (Å²) in [5.74, 6) is 1.62. The normalized spacial score (nSPS) is 15.4. The molecule has 0 N–H and O–H groups in total. The summed E-state index contributed by atoms with van der Waals surface area (Å²) >= 11 is 0. The Bertz CT molecular complexity index is 2280. The molecule has 2 bridgehead atoms. The molecule has 8 aromatic rings. The maximum atomic E-state index is 2.44. The molecule has 2 aliphatic rings. The Morgan fingerprint density at radius 2 is 0.611 bits per heavy atom. The molecular weight excluding hydrogens is 777 g/mol. The molecule has 0 saturated carbocycles. The molecule has 0 radical (unpaired) electrons. The Labute approximate surface area is 334 Å². The van der Waals surface area contributed by atoms with Gasteiger partial charge in [-0.15, -0.1) is 0 Å². The van der Waals surface area contributed by atoms with Crippen molar-refractivity contribution in [3.63, 3.8) is 0 Å². The van der Waals surface area contributed by atoms with Crippen molar-refractivity contribution in [3.8, 4) is 11.1 Å². The molecule has 8 aromatic carbocycles. The molecule has 0 nitrogen and oxygen atoms in total. The quantitative estimate of drug-likeness (QED) is 0.0854. The van der Waals surface area contributed by atoms with Gasteiger partial charge in [-0.05, 0) is 100 Å². The molecular formula is C51H42P2Rh+5. The van der Waals surface area contributed by atoms with Crippen LogP contribution in [0.25, 0.3) is 32.7 Å². The Morgan fingerprint density at radius 3 is 0.907 bits per heavy atom. The van der Waals surface area contributed by atoms with Gasteiger partial charge in [0.25, 0.3) is 0 Å². The average Bonchev–Trinajstić information content (AvgIpc) is 3.90. The third kappa shape index (κ3) is 7.35. The van der Waals surface area contributed by atoms with Gasteiger partial charge in [-0.25, -0.2) is 0 Å². The van der Waals surface area contributed by atoms with E-state index in [1.54, 1.807) is 0 Å². The molecule has 0 spiro atoms. The molecule has 10 rings (SSSR count). The molecule has 2 aliphatic carbocycles. The fraction of sp³-hybridized carbons (Fsp3) is 0.0588. The molecule has 0 aliphatic heterocycles. The van der Waals surface area contributed by atoms with E-state index < -0.39 is 15.8 Å². The number of rotatable bonds is 7. The second kappa shape index (κ2) is 16.7. The maximum absolute atomic E-state index is 2.44. The fourth-order valence-electron chi connectivity index (χ4n) is 8.20. The summed E-state index contributed by atoms with van der Waals surface area (Å²) in [6.45, 7) is 0. The van der Waals surface area contributed by atoms with Crippen molar-refractivity contribution < 1.29 is 19.5 Å². The first-order valence-corrected chi connectivity index (χ1v) is 21.7. The Kier molecular flexibility index (Phi) is 11.2. The zero-order valence-electron chi connectivity index (χ0n) is 30.0. The van der Waals surface area contributed by atoms with Crippen LogP contribution in [0.4, 0.5) is 0 Å². The van der Waals surface area contributed by atoms with Gasteiger partial charge >= 0.3 is 19.5 Å². The number of benzene rings is 8. The predicted octanol–water partition coefficient (Wildman–Crippen LogP) is 10.4. The molecule has 3 heteroatoms. The van der Waals surface area contributed by atoms with E-state index in [4.69, 9.17) is 0 Å². The SMILES string of the molecule is C1=CC2C=CC1C2.[Rh+3].c1ccc([PH+](c2ccccc2)c2ccc3ccccc3c2-c2c([PH+](c3ccccc3)c3ccccc3)ccc3ccccc23)cc1. The molecule has 0 aromatic heterocycles. The van der Waals surface area contributed by atoms with Gasteiger partial charge in [-0.3, -0.25) is 0 Å². The molecule has 0 amide bonds. The molecule has 0 saturated heterocycles. The van der Waals surface area contributed by atoms with E-state index in [0.717, 1.165) is 11.8 Å². The van der Waals surface area contributed by atoms with Gasteiger partial charge in [-0.2, -0.15) is 0 Å². The van der Waals surface area contributed by atoms with Crippen LogP contribution in [0.1, 0.15) is 6.42 Å². The Hall–Kier alpha value is -4.76.